The highest BCUT2D eigenvalue weighted by molar-refractivity contribution is 4.48. The molecule has 1 rings (SSSR count). The van der Waals surface area contributed by atoms with E-state index in [0.717, 1.165) is 26.2 Å². The number of piperazine rings is 1. The number of aliphatic hydroxyl groups excluding tert-OH is 1. The van der Waals surface area contributed by atoms with Crippen molar-refractivity contribution in [2.75, 3.05) is 39.3 Å². The summed E-state index contributed by atoms with van der Waals surface area (Å²) in [5, 5.41) is 21.7. The van der Waals surface area contributed by atoms with Crippen LogP contribution in [0, 0.1) is 5.21 Å². The second kappa shape index (κ2) is 7.90. The van der Waals surface area contributed by atoms with E-state index in [0.29, 0.717) is 11.6 Å². The first-order valence-corrected chi connectivity index (χ1v) is 3.84. The standard InChI is InChI=1S/C4H10N2O.C2H7NO/c7-6-3-1-5-2-4-6;3-1-2-4/h5-6H,1-4H2;4H,1-3H2. The highest BCUT2D eigenvalue weighted by Gasteiger charge is 2.01. The molecule has 0 aromatic rings. The van der Waals surface area contributed by atoms with Crippen LogP contribution in [0.25, 0.3) is 0 Å². The maximum atomic E-state index is 10.4. The molecule has 5 nitrogen and oxygen atoms in total. The van der Waals surface area contributed by atoms with Crippen molar-refractivity contribution in [1.29, 1.82) is 0 Å². The van der Waals surface area contributed by atoms with E-state index in [1.165, 1.54) is 0 Å². The molecule has 1 aliphatic rings. The van der Waals surface area contributed by atoms with Gasteiger partial charge in [0.05, 0.1) is 19.7 Å². The normalized spacial score (nSPS) is 18.8. The van der Waals surface area contributed by atoms with Gasteiger partial charge in [0.1, 0.15) is 0 Å². The Hall–Kier alpha value is -0.200. The largest absolute Gasteiger partial charge is 0.634 e. The Morgan fingerprint density at radius 3 is 2.09 bits per heavy atom. The van der Waals surface area contributed by atoms with E-state index in [1.54, 1.807) is 0 Å². The van der Waals surface area contributed by atoms with Gasteiger partial charge in [-0.3, -0.25) is 0 Å². The van der Waals surface area contributed by atoms with E-state index in [-0.39, 0.29) is 6.61 Å². The van der Waals surface area contributed by atoms with E-state index in [4.69, 9.17) is 10.8 Å². The lowest BCUT2D eigenvalue weighted by Gasteiger charge is -2.26. The first-order valence-electron chi connectivity index (χ1n) is 3.84. The van der Waals surface area contributed by atoms with Crippen LogP contribution in [0.15, 0.2) is 0 Å². The van der Waals surface area contributed by atoms with Crippen molar-refractivity contribution in [3.63, 3.8) is 0 Å². The van der Waals surface area contributed by atoms with Gasteiger partial charge in [-0.2, -0.15) is 0 Å². The average molecular weight is 163 g/mol. The molecule has 1 aliphatic heterocycles. The number of nitrogens with two attached hydrogens (primary N) is 1. The van der Waals surface area contributed by atoms with Gasteiger partial charge in [0.15, 0.2) is 0 Å². The number of nitrogens with one attached hydrogen (secondary N) is 2. The Bertz CT molecular complexity index is 74.2. The number of aliphatic hydroxyl groups is 1. The molecule has 5 N–H and O–H groups in total. The molecule has 0 radical (unpaired) electrons. The maximum absolute atomic E-state index is 10.4. The molecule has 0 unspecified atom stereocenters. The predicted molar refractivity (Wildman–Crippen MR) is 43.1 cm³/mol. The van der Waals surface area contributed by atoms with Crippen molar-refractivity contribution in [2.24, 2.45) is 5.73 Å². The van der Waals surface area contributed by atoms with Gasteiger partial charge >= 0.3 is 0 Å². The van der Waals surface area contributed by atoms with E-state index >= 15 is 0 Å². The Kier molecular flexibility index (Phi) is 7.76. The van der Waals surface area contributed by atoms with Gasteiger partial charge in [0.25, 0.3) is 0 Å². The van der Waals surface area contributed by atoms with Crippen LogP contribution in [0.2, 0.25) is 0 Å². The van der Waals surface area contributed by atoms with Gasteiger partial charge in [0, 0.05) is 19.6 Å². The fourth-order valence-corrected chi connectivity index (χ4v) is 0.706. The SMILES string of the molecule is NCCO.[O-][NH+]1CCNCC1. The van der Waals surface area contributed by atoms with E-state index in [9.17, 15) is 5.21 Å². The van der Waals surface area contributed by atoms with Crippen LogP contribution in [0.1, 0.15) is 0 Å². The fourth-order valence-electron chi connectivity index (χ4n) is 0.706. The zero-order chi connectivity index (χ0) is 8.53. The number of hydroxylamine groups is 2. The van der Waals surface area contributed by atoms with Crippen molar-refractivity contribution >= 4 is 0 Å². The minimum atomic E-state index is 0.0972. The summed E-state index contributed by atoms with van der Waals surface area (Å²) in [6.07, 6.45) is 0. The lowest BCUT2D eigenvalue weighted by molar-refractivity contribution is -0.850. The lowest BCUT2D eigenvalue weighted by Crippen LogP contribution is -3.10. The summed E-state index contributed by atoms with van der Waals surface area (Å²) in [5.74, 6) is 0. The Labute approximate surface area is 66.8 Å². The van der Waals surface area contributed by atoms with Gasteiger partial charge in [-0.15, -0.1) is 0 Å². The summed E-state index contributed by atoms with van der Waals surface area (Å²) in [5.41, 5.74) is 4.78. The minimum absolute atomic E-state index is 0.0972. The average Bonchev–Trinajstić information content (AvgIpc) is 2.07. The maximum Gasteiger partial charge on any atom is 0.0895 e. The number of hydrogen-bond acceptors (Lipinski definition) is 4. The lowest BCUT2D eigenvalue weighted by atomic mass is 10.4. The van der Waals surface area contributed by atoms with Gasteiger partial charge in [-0.25, -0.2) is 0 Å². The van der Waals surface area contributed by atoms with Crippen molar-refractivity contribution in [1.82, 2.24) is 5.32 Å². The Morgan fingerprint density at radius 1 is 1.45 bits per heavy atom. The molecule has 1 fully saturated rings. The first kappa shape index (κ1) is 10.8. The second-order valence-corrected chi connectivity index (χ2v) is 2.30. The van der Waals surface area contributed by atoms with Gasteiger partial charge < -0.3 is 26.4 Å². The summed E-state index contributed by atoms with van der Waals surface area (Å²) < 4.78 is 0. The third kappa shape index (κ3) is 7.70. The molecular weight excluding hydrogens is 146 g/mol. The summed E-state index contributed by atoms with van der Waals surface area (Å²) in [7, 11) is 0. The smallest absolute Gasteiger partial charge is 0.0895 e. The molecule has 11 heavy (non-hydrogen) atoms. The van der Waals surface area contributed by atoms with E-state index in [2.05, 4.69) is 5.32 Å². The van der Waals surface area contributed by atoms with Crippen molar-refractivity contribution in [3.05, 3.63) is 5.21 Å². The molecule has 0 atom stereocenters. The summed E-state index contributed by atoms with van der Waals surface area (Å²) in [6, 6.07) is 0. The van der Waals surface area contributed by atoms with Gasteiger partial charge in [-0.1, -0.05) is 0 Å². The van der Waals surface area contributed by atoms with Crippen LogP contribution in [-0.4, -0.2) is 44.4 Å². The number of hydrogen-bond donors (Lipinski definition) is 4. The molecule has 0 aromatic heterocycles. The van der Waals surface area contributed by atoms with Crippen LogP contribution in [-0.2, 0) is 0 Å². The summed E-state index contributed by atoms with van der Waals surface area (Å²) in [4.78, 5) is 0. The third-order valence-electron chi connectivity index (χ3n) is 1.29. The molecule has 0 spiro atoms. The fraction of sp³-hybridized carbons (Fsp3) is 1.00. The van der Waals surface area contributed by atoms with Gasteiger partial charge in [0.2, 0.25) is 0 Å². The van der Waals surface area contributed by atoms with Crippen molar-refractivity contribution < 1.29 is 10.2 Å². The van der Waals surface area contributed by atoms with Crippen LogP contribution in [0.4, 0.5) is 0 Å². The summed E-state index contributed by atoms with van der Waals surface area (Å²) in [6.45, 7) is 3.72. The first-order chi connectivity index (χ1) is 5.31. The van der Waals surface area contributed by atoms with Crippen molar-refractivity contribution in [3.8, 4) is 0 Å². The molecule has 1 heterocycles. The zero-order valence-electron chi connectivity index (χ0n) is 6.68. The highest BCUT2D eigenvalue weighted by atomic mass is 16.5. The molecular formula is C6H17N3O2. The predicted octanol–water partition coefficient (Wildman–Crippen LogP) is -3.09. The van der Waals surface area contributed by atoms with Crippen LogP contribution >= 0.6 is 0 Å². The van der Waals surface area contributed by atoms with Gasteiger partial charge in [-0.05, 0) is 0 Å². The molecule has 5 heteroatoms. The molecule has 68 valence electrons. The Balaban J connectivity index is 0.000000218. The van der Waals surface area contributed by atoms with Crippen molar-refractivity contribution in [2.45, 2.75) is 0 Å². The number of rotatable bonds is 1. The van der Waals surface area contributed by atoms with E-state index < -0.39 is 0 Å². The zero-order valence-corrected chi connectivity index (χ0v) is 6.68. The third-order valence-corrected chi connectivity index (χ3v) is 1.29. The highest BCUT2D eigenvalue weighted by Crippen LogP contribution is 1.59. The molecule has 0 aliphatic carbocycles. The topological polar surface area (TPSA) is 85.8 Å². The monoisotopic (exact) mass is 163 g/mol. The Morgan fingerprint density at radius 2 is 1.91 bits per heavy atom. The molecule has 1 saturated heterocycles. The second-order valence-electron chi connectivity index (χ2n) is 2.30. The van der Waals surface area contributed by atoms with E-state index in [1.807, 2.05) is 0 Å². The summed E-state index contributed by atoms with van der Waals surface area (Å²) >= 11 is 0. The van der Waals surface area contributed by atoms with Crippen LogP contribution < -0.4 is 16.1 Å². The molecule has 0 aromatic carbocycles. The minimum Gasteiger partial charge on any atom is -0.634 e. The quantitative estimate of drug-likeness (QED) is 0.309. The van der Waals surface area contributed by atoms with Crippen LogP contribution in [0.5, 0.6) is 0 Å². The molecule has 0 amide bonds. The van der Waals surface area contributed by atoms with Crippen LogP contribution in [0.3, 0.4) is 0 Å². The molecule has 0 saturated carbocycles. The number of quaternary nitrogens is 1. The molecule has 0 bridgehead atoms.